The minimum absolute atomic E-state index is 0.160. The van der Waals surface area contributed by atoms with E-state index in [0.29, 0.717) is 0 Å². The average molecular weight is 218 g/mol. The fraction of sp³-hybridized carbons (Fsp3) is 0. The van der Waals surface area contributed by atoms with Crippen molar-refractivity contribution in [2.24, 2.45) is 10.8 Å². The molecule has 0 fully saturated rings. The molecule has 0 aliphatic rings. The van der Waals surface area contributed by atoms with Crippen LogP contribution in [-0.2, 0) is 0 Å². The first kappa shape index (κ1) is 9.67. The van der Waals surface area contributed by atoms with Crippen LogP contribution in [0.1, 0.15) is 5.56 Å². The van der Waals surface area contributed by atoms with E-state index in [1.807, 2.05) is 30.5 Å². The third-order valence-corrected chi connectivity index (χ3v) is 2.10. The Hall–Kier alpha value is -1.88. The molecule has 2 aromatic rings. The molecule has 0 atom stereocenters. The lowest BCUT2D eigenvalue weighted by molar-refractivity contribution is 1.04. The normalized spacial score (nSPS) is 10.9. The maximum absolute atomic E-state index is 5.25. The summed E-state index contributed by atoms with van der Waals surface area (Å²) in [5, 5.41) is 5.19. The van der Waals surface area contributed by atoms with Gasteiger partial charge >= 0.3 is 0 Å². The van der Waals surface area contributed by atoms with Crippen LogP contribution in [0.4, 0.5) is 0 Å². The molecule has 0 aliphatic heterocycles. The molecule has 4 N–H and O–H groups in total. The zero-order chi connectivity index (χ0) is 10.7. The first-order valence-electron chi connectivity index (χ1n) is 4.42. The second-order valence-electron chi connectivity index (χ2n) is 3.02. The maximum Gasteiger partial charge on any atom is 0.184 e. The number of aromatic amines is 1. The highest BCUT2D eigenvalue weighted by Crippen LogP contribution is 2.15. The molecule has 2 rings (SSSR count). The largest absolute Gasteiger partial charge is 0.375 e. The zero-order valence-corrected chi connectivity index (χ0v) is 8.71. The molecule has 0 aliphatic carbocycles. The van der Waals surface area contributed by atoms with E-state index in [0.717, 1.165) is 16.5 Å². The number of hydrogen-bond acceptors (Lipinski definition) is 2. The third kappa shape index (κ3) is 2.13. The van der Waals surface area contributed by atoms with E-state index in [2.05, 4.69) is 27.7 Å². The number of fused-ring (bicyclic) bond motifs is 1. The van der Waals surface area contributed by atoms with Crippen LogP contribution in [0.3, 0.4) is 0 Å². The second kappa shape index (κ2) is 4.10. The van der Waals surface area contributed by atoms with Gasteiger partial charge < -0.3 is 10.7 Å². The Labute approximate surface area is 92.2 Å². The number of nitrogens with zero attached hydrogens (tertiary/aromatic N) is 1. The van der Waals surface area contributed by atoms with Gasteiger partial charge in [0.05, 0.1) is 6.21 Å². The Morgan fingerprint density at radius 2 is 2.33 bits per heavy atom. The number of hydrogen-bond donors (Lipinski definition) is 3. The Morgan fingerprint density at radius 3 is 3.13 bits per heavy atom. The van der Waals surface area contributed by atoms with Gasteiger partial charge in [0.1, 0.15) is 0 Å². The first-order chi connectivity index (χ1) is 7.27. The molecule has 0 spiro atoms. The van der Waals surface area contributed by atoms with E-state index < -0.39 is 0 Å². The SMILES string of the molecule is NC(=S)NN=Cc1cccc2[nH]ccc12. The molecule has 0 amide bonds. The fourth-order valence-electron chi connectivity index (χ4n) is 1.39. The summed E-state index contributed by atoms with van der Waals surface area (Å²) in [6.45, 7) is 0. The van der Waals surface area contributed by atoms with E-state index in [-0.39, 0.29) is 5.11 Å². The Kier molecular flexibility index (Phi) is 2.64. The Morgan fingerprint density at radius 1 is 1.47 bits per heavy atom. The summed E-state index contributed by atoms with van der Waals surface area (Å²) in [5.41, 5.74) is 9.86. The molecule has 76 valence electrons. The van der Waals surface area contributed by atoms with Crippen molar-refractivity contribution < 1.29 is 0 Å². The molecule has 0 radical (unpaired) electrons. The molecule has 0 bridgehead atoms. The summed E-state index contributed by atoms with van der Waals surface area (Å²) in [4.78, 5) is 3.13. The molecule has 1 heterocycles. The molecule has 4 nitrogen and oxygen atoms in total. The number of rotatable bonds is 2. The molecular weight excluding hydrogens is 208 g/mol. The maximum atomic E-state index is 5.25. The molecule has 0 saturated heterocycles. The molecule has 5 heteroatoms. The van der Waals surface area contributed by atoms with Gasteiger partial charge in [-0.3, -0.25) is 5.43 Å². The van der Waals surface area contributed by atoms with Gasteiger partial charge in [0.15, 0.2) is 5.11 Å². The zero-order valence-electron chi connectivity index (χ0n) is 7.90. The van der Waals surface area contributed by atoms with Crippen molar-refractivity contribution in [2.75, 3.05) is 0 Å². The van der Waals surface area contributed by atoms with Crippen molar-refractivity contribution in [1.82, 2.24) is 10.4 Å². The number of thiocarbonyl (C=S) groups is 1. The minimum Gasteiger partial charge on any atom is -0.375 e. The summed E-state index contributed by atoms with van der Waals surface area (Å²) < 4.78 is 0. The number of benzene rings is 1. The summed E-state index contributed by atoms with van der Waals surface area (Å²) in [6.07, 6.45) is 3.58. The third-order valence-electron chi connectivity index (χ3n) is 2.01. The topological polar surface area (TPSA) is 66.2 Å². The fourth-order valence-corrected chi connectivity index (χ4v) is 1.44. The van der Waals surface area contributed by atoms with Crippen molar-refractivity contribution >= 4 is 34.4 Å². The van der Waals surface area contributed by atoms with Crippen LogP contribution >= 0.6 is 12.2 Å². The number of nitrogens with one attached hydrogen (secondary N) is 2. The van der Waals surface area contributed by atoms with Crippen LogP contribution < -0.4 is 11.2 Å². The van der Waals surface area contributed by atoms with Gasteiger partial charge in [-0.15, -0.1) is 0 Å². The van der Waals surface area contributed by atoms with Crippen molar-refractivity contribution in [3.05, 3.63) is 36.0 Å². The van der Waals surface area contributed by atoms with Crippen molar-refractivity contribution in [3.63, 3.8) is 0 Å². The van der Waals surface area contributed by atoms with Gasteiger partial charge in [0.2, 0.25) is 0 Å². The van der Waals surface area contributed by atoms with Gasteiger partial charge in [0.25, 0.3) is 0 Å². The highest BCUT2D eigenvalue weighted by Gasteiger charge is 1.97. The molecule has 0 saturated carbocycles. The summed E-state index contributed by atoms with van der Waals surface area (Å²) in [5.74, 6) is 0. The molecule has 15 heavy (non-hydrogen) atoms. The van der Waals surface area contributed by atoms with Crippen LogP contribution in [0.2, 0.25) is 0 Å². The summed E-state index contributed by atoms with van der Waals surface area (Å²) in [6, 6.07) is 7.94. The van der Waals surface area contributed by atoms with Gasteiger partial charge in [-0.2, -0.15) is 5.10 Å². The lowest BCUT2D eigenvalue weighted by Crippen LogP contribution is -2.23. The predicted molar refractivity (Wildman–Crippen MR) is 65.8 cm³/mol. The van der Waals surface area contributed by atoms with Gasteiger partial charge in [-0.1, -0.05) is 12.1 Å². The van der Waals surface area contributed by atoms with Gasteiger partial charge in [0, 0.05) is 22.7 Å². The van der Waals surface area contributed by atoms with E-state index in [1.54, 1.807) is 6.21 Å². The van der Waals surface area contributed by atoms with Crippen LogP contribution in [0.25, 0.3) is 10.9 Å². The van der Waals surface area contributed by atoms with E-state index in [4.69, 9.17) is 5.73 Å². The van der Waals surface area contributed by atoms with Crippen molar-refractivity contribution in [1.29, 1.82) is 0 Å². The standard InChI is InChI=1S/C10H10N4S/c11-10(15)14-13-6-7-2-1-3-9-8(7)4-5-12-9/h1-6,12H,(H3,11,14,15). The first-order valence-corrected chi connectivity index (χ1v) is 4.83. The highest BCUT2D eigenvalue weighted by molar-refractivity contribution is 7.80. The number of hydrazone groups is 1. The summed E-state index contributed by atoms with van der Waals surface area (Å²) >= 11 is 4.64. The molecule has 0 unspecified atom stereocenters. The van der Waals surface area contributed by atoms with Gasteiger partial charge in [-0.05, 0) is 24.4 Å². The smallest absolute Gasteiger partial charge is 0.184 e. The minimum atomic E-state index is 0.160. The van der Waals surface area contributed by atoms with Crippen molar-refractivity contribution in [2.45, 2.75) is 0 Å². The average Bonchev–Trinajstić information content (AvgIpc) is 2.65. The summed E-state index contributed by atoms with van der Waals surface area (Å²) in [7, 11) is 0. The lowest BCUT2D eigenvalue weighted by atomic mass is 10.1. The lowest BCUT2D eigenvalue weighted by Gasteiger charge is -1.97. The quantitative estimate of drug-likeness (QED) is 0.405. The van der Waals surface area contributed by atoms with Crippen LogP contribution in [0, 0.1) is 0 Å². The van der Waals surface area contributed by atoms with Crippen LogP contribution in [0.5, 0.6) is 0 Å². The van der Waals surface area contributed by atoms with E-state index in [9.17, 15) is 0 Å². The van der Waals surface area contributed by atoms with E-state index in [1.165, 1.54) is 0 Å². The van der Waals surface area contributed by atoms with Crippen LogP contribution in [0.15, 0.2) is 35.6 Å². The van der Waals surface area contributed by atoms with E-state index >= 15 is 0 Å². The second-order valence-corrected chi connectivity index (χ2v) is 3.46. The predicted octanol–water partition coefficient (Wildman–Crippen LogP) is 1.33. The molecule has 1 aromatic carbocycles. The monoisotopic (exact) mass is 218 g/mol. The van der Waals surface area contributed by atoms with Crippen molar-refractivity contribution in [3.8, 4) is 0 Å². The number of nitrogens with two attached hydrogens (primary N) is 1. The number of aromatic nitrogens is 1. The van der Waals surface area contributed by atoms with Gasteiger partial charge in [-0.25, -0.2) is 0 Å². The molecular formula is C10H10N4S. The molecule has 1 aromatic heterocycles. The number of H-pyrrole nitrogens is 1. The highest BCUT2D eigenvalue weighted by atomic mass is 32.1. The Balaban J connectivity index is 2.31. The van der Waals surface area contributed by atoms with Crippen LogP contribution in [-0.4, -0.2) is 16.3 Å². The Bertz CT molecular complexity index is 515.